The zero-order chi connectivity index (χ0) is 17.9. The van der Waals surface area contributed by atoms with Crippen molar-refractivity contribution in [3.63, 3.8) is 0 Å². The van der Waals surface area contributed by atoms with Gasteiger partial charge in [0.15, 0.2) is 0 Å². The number of nitrogens with zero attached hydrogens (tertiary/aromatic N) is 7. The van der Waals surface area contributed by atoms with Crippen LogP contribution in [-0.2, 0) is 38.5 Å². The first-order valence-electron chi connectivity index (χ1n) is 8.75. The Labute approximate surface area is 152 Å². The first-order chi connectivity index (χ1) is 12.7. The molecule has 8 heteroatoms. The zero-order valence-electron chi connectivity index (χ0n) is 15.1. The van der Waals surface area contributed by atoms with Crippen LogP contribution in [0.1, 0.15) is 28.6 Å². The summed E-state index contributed by atoms with van der Waals surface area (Å²) >= 11 is 0. The Bertz CT molecular complexity index is 858. The van der Waals surface area contributed by atoms with E-state index in [2.05, 4.69) is 31.5 Å². The van der Waals surface area contributed by atoms with Gasteiger partial charge in [-0.25, -0.2) is 0 Å². The average Bonchev–Trinajstić information content (AvgIpc) is 3.22. The number of aryl methyl sites for hydroxylation is 2. The molecule has 3 aromatic heterocycles. The minimum absolute atomic E-state index is 0.235. The molecule has 3 aromatic rings. The normalized spacial score (nSPS) is 17.4. The number of pyridine rings is 1. The van der Waals surface area contributed by atoms with E-state index in [1.165, 1.54) is 11.3 Å². The minimum atomic E-state index is 0.235. The SMILES string of the molecule is Cn1cc(CN2Cc3nnn(C)c3C(COCc3ccccn3)C2)cn1. The lowest BCUT2D eigenvalue weighted by Gasteiger charge is -2.31. The van der Waals surface area contributed by atoms with Crippen LogP contribution in [0.3, 0.4) is 0 Å². The molecule has 0 saturated carbocycles. The van der Waals surface area contributed by atoms with Crippen molar-refractivity contribution in [2.24, 2.45) is 14.1 Å². The van der Waals surface area contributed by atoms with Crippen molar-refractivity contribution in [2.75, 3.05) is 13.2 Å². The molecule has 8 nitrogen and oxygen atoms in total. The van der Waals surface area contributed by atoms with Crippen LogP contribution in [0.5, 0.6) is 0 Å². The summed E-state index contributed by atoms with van der Waals surface area (Å²) in [6.45, 7) is 3.69. The molecule has 1 aliphatic rings. The van der Waals surface area contributed by atoms with E-state index in [9.17, 15) is 0 Å². The topological polar surface area (TPSA) is 73.9 Å². The number of hydrogen-bond acceptors (Lipinski definition) is 6. The van der Waals surface area contributed by atoms with E-state index in [-0.39, 0.29) is 5.92 Å². The third-order valence-corrected chi connectivity index (χ3v) is 4.64. The molecular weight excluding hydrogens is 330 g/mol. The van der Waals surface area contributed by atoms with Gasteiger partial charge in [-0.15, -0.1) is 5.10 Å². The van der Waals surface area contributed by atoms with Crippen LogP contribution < -0.4 is 0 Å². The maximum absolute atomic E-state index is 5.97. The average molecular weight is 353 g/mol. The van der Waals surface area contributed by atoms with Gasteiger partial charge >= 0.3 is 0 Å². The first kappa shape index (κ1) is 16.9. The number of fused-ring (bicyclic) bond motifs is 1. The van der Waals surface area contributed by atoms with Crippen molar-refractivity contribution in [3.8, 4) is 0 Å². The van der Waals surface area contributed by atoms with Crippen molar-refractivity contribution in [2.45, 2.75) is 25.6 Å². The third kappa shape index (κ3) is 3.66. The standard InChI is InChI=1S/C18H23N7O/c1-23-8-14(7-20-23)9-25-10-15(18-17(11-25)21-22-24(18)2)12-26-13-16-5-3-4-6-19-16/h3-8,15H,9-13H2,1-2H3. The first-order valence-corrected chi connectivity index (χ1v) is 8.75. The van der Waals surface area contributed by atoms with Gasteiger partial charge in [0, 0.05) is 57.6 Å². The molecule has 4 rings (SSSR count). The summed E-state index contributed by atoms with van der Waals surface area (Å²) in [5.41, 5.74) is 4.36. The van der Waals surface area contributed by atoms with Gasteiger partial charge in [-0.3, -0.25) is 19.2 Å². The Balaban J connectivity index is 1.44. The largest absolute Gasteiger partial charge is 0.374 e. The Morgan fingerprint density at radius 1 is 1.27 bits per heavy atom. The van der Waals surface area contributed by atoms with Crippen molar-refractivity contribution >= 4 is 0 Å². The lowest BCUT2D eigenvalue weighted by molar-refractivity contribution is 0.0812. The van der Waals surface area contributed by atoms with Gasteiger partial charge in [0.25, 0.3) is 0 Å². The summed E-state index contributed by atoms with van der Waals surface area (Å²) in [6.07, 6.45) is 5.76. The van der Waals surface area contributed by atoms with E-state index >= 15 is 0 Å². The second-order valence-electron chi connectivity index (χ2n) is 6.77. The summed E-state index contributed by atoms with van der Waals surface area (Å²) in [5.74, 6) is 0.235. The van der Waals surface area contributed by atoms with Crippen molar-refractivity contribution in [1.82, 2.24) is 34.7 Å². The molecule has 0 fully saturated rings. The second kappa shape index (κ2) is 7.35. The van der Waals surface area contributed by atoms with Gasteiger partial charge in [-0.05, 0) is 12.1 Å². The summed E-state index contributed by atoms with van der Waals surface area (Å²) in [5, 5.41) is 12.8. The molecule has 26 heavy (non-hydrogen) atoms. The Kier molecular flexibility index (Phi) is 4.77. The lowest BCUT2D eigenvalue weighted by atomic mass is 9.98. The summed E-state index contributed by atoms with van der Waals surface area (Å²) < 4.78 is 9.68. The molecule has 1 atom stereocenters. The van der Waals surface area contributed by atoms with Gasteiger partial charge in [-0.2, -0.15) is 5.10 Å². The van der Waals surface area contributed by atoms with Crippen LogP contribution in [0, 0.1) is 0 Å². The Morgan fingerprint density at radius 2 is 2.19 bits per heavy atom. The van der Waals surface area contributed by atoms with Crippen molar-refractivity contribution < 1.29 is 4.74 Å². The van der Waals surface area contributed by atoms with Crippen LogP contribution >= 0.6 is 0 Å². The smallest absolute Gasteiger partial charge is 0.100 e. The van der Waals surface area contributed by atoms with Crippen molar-refractivity contribution in [1.29, 1.82) is 0 Å². The van der Waals surface area contributed by atoms with E-state index in [0.717, 1.165) is 31.0 Å². The van der Waals surface area contributed by atoms with Gasteiger partial charge in [0.1, 0.15) is 5.69 Å². The van der Waals surface area contributed by atoms with Crippen LogP contribution in [0.2, 0.25) is 0 Å². The molecule has 136 valence electrons. The Morgan fingerprint density at radius 3 is 2.96 bits per heavy atom. The highest BCUT2D eigenvalue weighted by molar-refractivity contribution is 5.20. The molecule has 0 aliphatic carbocycles. The van der Waals surface area contributed by atoms with Crippen LogP contribution in [0.15, 0.2) is 36.8 Å². The molecule has 0 aromatic carbocycles. The number of ether oxygens (including phenoxy) is 1. The minimum Gasteiger partial charge on any atom is -0.374 e. The van der Waals surface area contributed by atoms with Crippen LogP contribution in [0.4, 0.5) is 0 Å². The molecule has 0 spiro atoms. The van der Waals surface area contributed by atoms with Crippen LogP contribution in [0.25, 0.3) is 0 Å². The molecule has 0 N–H and O–H groups in total. The number of hydrogen-bond donors (Lipinski definition) is 0. The molecule has 1 aliphatic heterocycles. The van der Waals surface area contributed by atoms with Crippen molar-refractivity contribution in [3.05, 3.63) is 59.4 Å². The lowest BCUT2D eigenvalue weighted by Crippen LogP contribution is -2.36. The zero-order valence-corrected chi connectivity index (χ0v) is 15.1. The maximum Gasteiger partial charge on any atom is 0.100 e. The second-order valence-corrected chi connectivity index (χ2v) is 6.77. The number of aromatic nitrogens is 6. The molecule has 0 radical (unpaired) electrons. The predicted octanol–water partition coefficient (Wildman–Crippen LogP) is 1.26. The van der Waals surface area contributed by atoms with E-state index < -0.39 is 0 Å². The quantitative estimate of drug-likeness (QED) is 0.664. The molecule has 4 heterocycles. The fourth-order valence-corrected chi connectivity index (χ4v) is 3.55. The van der Waals surface area contributed by atoms with Gasteiger partial charge in [-0.1, -0.05) is 11.3 Å². The van der Waals surface area contributed by atoms with E-state index in [0.29, 0.717) is 13.2 Å². The monoisotopic (exact) mass is 353 g/mol. The van der Waals surface area contributed by atoms with Gasteiger partial charge in [0.05, 0.1) is 30.8 Å². The highest BCUT2D eigenvalue weighted by Gasteiger charge is 2.30. The summed E-state index contributed by atoms with van der Waals surface area (Å²) in [7, 11) is 3.89. The van der Waals surface area contributed by atoms with Crippen LogP contribution in [-0.4, -0.2) is 47.8 Å². The molecule has 0 saturated heterocycles. The summed E-state index contributed by atoms with van der Waals surface area (Å²) in [6, 6.07) is 5.87. The molecule has 0 bridgehead atoms. The fraction of sp³-hybridized carbons (Fsp3) is 0.444. The highest BCUT2D eigenvalue weighted by Crippen LogP contribution is 2.28. The van der Waals surface area contributed by atoms with E-state index in [4.69, 9.17) is 4.74 Å². The van der Waals surface area contributed by atoms with Gasteiger partial charge < -0.3 is 4.74 Å². The fourth-order valence-electron chi connectivity index (χ4n) is 3.55. The Hall–Kier alpha value is -2.58. The summed E-state index contributed by atoms with van der Waals surface area (Å²) in [4.78, 5) is 6.69. The molecule has 1 unspecified atom stereocenters. The maximum atomic E-state index is 5.97. The predicted molar refractivity (Wildman–Crippen MR) is 95.0 cm³/mol. The van der Waals surface area contributed by atoms with E-state index in [1.54, 1.807) is 6.20 Å². The third-order valence-electron chi connectivity index (χ3n) is 4.64. The molecule has 0 amide bonds. The van der Waals surface area contributed by atoms with Gasteiger partial charge in [0.2, 0.25) is 0 Å². The molecular formula is C18H23N7O. The number of rotatable bonds is 6. The highest BCUT2D eigenvalue weighted by atomic mass is 16.5. The van der Waals surface area contributed by atoms with E-state index in [1.807, 2.05) is 47.9 Å².